The van der Waals surface area contributed by atoms with E-state index < -0.39 is 0 Å². The molecule has 0 bridgehead atoms. The molecule has 0 saturated heterocycles. The van der Waals surface area contributed by atoms with Crippen LogP contribution in [0.1, 0.15) is 11.3 Å². The Morgan fingerprint density at radius 3 is 2.53 bits per heavy atom. The Morgan fingerprint density at radius 2 is 2.00 bits per heavy atom. The van der Waals surface area contributed by atoms with E-state index >= 15 is 0 Å². The lowest BCUT2D eigenvalue weighted by molar-refractivity contribution is 0.724. The Labute approximate surface area is 87.8 Å². The lowest BCUT2D eigenvalue weighted by Gasteiger charge is -2.00. The zero-order chi connectivity index (χ0) is 11.0. The lowest BCUT2D eigenvalue weighted by Crippen LogP contribution is -2.16. The Morgan fingerprint density at radius 1 is 1.27 bits per heavy atom. The van der Waals surface area contributed by atoms with Crippen molar-refractivity contribution < 1.29 is 0 Å². The normalized spacial score (nSPS) is 10.6. The number of aryl methyl sites for hydroxylation is 1. The zero-order valence-corrected chi connectivity index (χ0v) is 9.06. The highest BCUT2D eigenvalue weighted by Crippen LogP contribution is 2.13. The van der Waals surface area contributed by atoms with E-state index in [1.54, 1.807) is 21.5 Å². The van der Waals surface area contributed by atoms with Gasteiger partial charge in [-0.05, 0) is 19.9 Å². The van der Waals surface area contributed by atoms with Crippen molar-refractivity contribution in [2.75, 3.05) is 0 Å². The van der Waals surface area contributed by atoms with Crippen LogP contribution in [0.4, 0.5) is 0 Å². The SMILES string of the molecule is Cc1c(-n2ccccc2=O)nn(C)c1C. The van der Waals surface area contributed by atoms with Gasteiger partial charge in [0.05, 0.1) is 0 Å². The van der Waals surface area contributed by atoms with Crippen molar-refractivity contribution in [2.45, 2.75) is 13.8 Å². The monoisotopic (exact) mass is 203 g/mol. The standard InChI is InChI=1S/C11H13N3O/c1-8-9(2)13(3)12-11(8)14-7-5-4-6-10(14)15/h4-7H,1-3H3. The van der Waals surface area contributed by atoms with Crippen molar-refractivity contribution in [3.8, 4) is 5.82 Å². The van der Waals surface area contributed by atoms with Crippen molar-refractivity contribution in [2.24, 2.45) is 7.05 Å². The van der Waals surface area contributed by atoms with Gasteiger partial charge >= 0.3 is 0 Å². The molecule has 2 rings (SSSR count). The van der Waals surface area contributed by atoms with Crippen LogP contribution in [-0.4, -0.2) is 14.3 Å². The molecule has 0 fully saturated rings. The Bertz CT molecular complexity index is 551. The lowest BCUT2D eigenvalue weighted by atomic mass is 10.2. The molecule has 0 aromatic carbocycles. The maximum atomic E-state index is 11.6. The smallest absolute Gasteiger partial charge is 0.256 e. The number of pyridine rings is 1. The van der Waals surface area contributed by atoms with E-state index in [1.165, 1.54) is 6.07 Å². The van der Waals surface area contributed by atoms with Gasteiger partial charge in [-0.3, -0.25) is 14.0 Å². The van der Waals surface area contributed by atoms with Gasteiger partial charge < -0.3 is 0 Å². The van der Waals surface area contributed by atoms with Crippen LogP contribution in [0.25, 0.3) is 5.82 Å². The number of hydrogen-bond donors (Lipinski definition) is 0. The summed E-state index contributed by atoms with van der Waals surface area (Å²) in [4.78, 5) is 11.6. The molecule has 0 saturated carbocycles. The largest absolute Gasteiger partial charge is 0.271 e. The summed E-state index contributed by atoms with van der Waals surface area (Å²) in [6, 6.07) is 5.08. The average Bonchev–Trinajstić information content (AvgIpc) is 2.47. The van der Waals surface area contributed by atoms with Crippen LogP contribution >= 0.6 is 0 Å². The molecule has 15 heavy (non-hydrogen) atoms. The van der Waals surface area contributed by atoms with Gasteiger partial charge in [0.2, 0.25) is 0 Å². The molecule has 0 radical (unpaired) electrons. The maximum absolute atomic E-state index is 11.6. The quantitative estimate of drug-likeness (QED) is 0.698. The molecule has 0 aliphatic carbocycles. The molecule has 0 aliphatic heterocycles. The molecular weight excluding hydrogens is 190 g/mol. The summed E-state index contributed by atoms with van der Waals surface area (Å²) in [6.45, 7) is 3.96. The van der Waals surface area contributed by atoms with Crippen molar-refractivity contribution in [3.05, 3.63) is 46.0 Å². The van der Waals surface area contributed by atoms with E-state index in [0.717, 1.165) is 11.3 Å². The number of hydrogen-bond acceptors (Lipinski definition) is 2. The first-order valence-corrected chi connectivity index (χ1v) is 4.79. The third-order valence-electron chi connectivity index (χ3n) is 2.66. The number of aromatic nitrogens is 3. The van der Waals surface area contributed by atoms with Gasteiger partial charge in [0.25, 0.3) is 5.56 Å². The van der Waals surface area contributed by atoms with Crippen molar-refractivity contribution in [3.63, 3.8) is 0 Å². The molecule has 0 aliphatic rings. The van der Waals surface area contributed by atoms with Gasteiger partial charge in [-0.15, -0.1) is 0 Å². The molecule has 0 unspecified atom stereocenters. The third-order valence-corrected chi connectivity index (χ3v) is 2.66. The minimum atomic E-state index is -0.0568. The van der Waals surface area contributed by atoms with Crippen molar-refractivity contribution in [1.29, 1.82) is 0 Å². The highest BCUT2D eigenvalue weighted by Gasteiger charge is 2.10. The van der Waals surface area contributed by atoms with Crippen LogP contribution in [0, 0.1) is 13.8 Å². The summed E-state index contributed by atoms with van der Waals surface area (Å²) < 4.78 is 3.34. The minimum Gasteiger partial charge on any atom is -0.271 e. The molecular formula is C11H13N3O. The Kier molecular flexibility index (Phi) is 2.19. The summed E-state index contributed by atoms with van der Waals surface area (Å²) in [5, 5.41) is 4.32. The molecule has 4 nitrogen and oxygen atoms in total. The van der Waals surface area contributed by atoms with E-state index in [-0.39, 0.29) is 5.56 Å². The molecule has 2 aromatic heterocycles. The van der Waals surface area contributed by atoms with Gasteiger partial charge in [0, 0.05) is 30.6 Å². The van der Waals surface area contributed by atoms with E-state index in [0.29, 0.717) is 5.82 Å². The summed E-state index contributed by atoms with van der Waals surface area (Å²) in [5.74, 6) is 0.709. The molecule has 0 spiro atoms. The first-order chi connectivity index (χ1) is 7.11. The van der Waals surface area contributed by atoms with E-state index in [4.69, 9.17) is 0 Å². The second-order valence-electron chi connectivity index (χ2n) is 3.57. The van der Waals surface area contributed by atoms with Gasteiger partial charge in [0.15, 0.2) is 5.82 Å². The molecule has 0 amide bonds. The summed E-state index contributed by atoms with van der Waals surface area (Å²) in [7, 11) is 1.87. The van der Waals surface area contributed by atoms with Gasteiger partial charge in [-0.25, -0.2) is 0 Å². The van der Waals surface area contributed by atoms with Crippen LogP contribution < -0.4 is 5.56 Å². The number of rotatable bonds is 1. The first kappa shape index (κ1) is 9.71. The average molecular weight is 203 g/mol. The fraction of sp³-hybridized carbons (Fsp3) is 0.273. The van der Waals surface area contributed by atoms with Crippen LogP contribution in [0.2, 0.25) is 0 Å². The number of nitrogens with zero attached hydrogens (tertiary/aromatic N) is 3. The van der Waals surface area contributed by atoms with Crippen molar-refractivity contribution >= 4 is 0 Å². The van der Waals surface area contributed by atoms with Crippen molar-refractivity contribution in [1.82, 2.24) is 14.3 Å². The summed E-state index contributed by atoms with van der Waals surface area (Å²) in [6.07, 6.45) is 1.73. The van der Waals surface area contributed by atoms with Crippen LogP contribution in [0.5, 0.6) is 0 Å². The third kappa shape index (κ3) is 1.48. The Balaban J connectivity index is 2.70. The topological polar surface area (TPSA) is 39.8 Å². The second kappa shape index (κ2) is 3.38. The molecule has 4 heteroatoms. The Hall–Kier alpha value is -1.84. The molecule has 2 aromatic rings. The summed E-state index contributed by atoms with van der Waals surface area (Å²) >= 11 is 0. The predicted octanol–water partition coefficient (Wildman–Crippen LogP) is 1.19. The van der Waals surface area contributed by atoms with E-state index in [9.17, 15) is 4.79 Å². The molecule has 78 valence electrons. The first-order valence-electron chi connectivity index (χ1n) is 4.79. The van der Waals surface area contributed by atoms with Crippen LogP contribution in [0.15, 0.2) is 29.2 Å². The van der Waals surface area contributed by atoms with Gasteiger partial charge in [-0.1, -0.05) is 6.07 Å². The van der Waals surface area contributed by atoms with Crippen LogP contribution in [0.3, 0.4) is 0 Å². The van der Waals surface area contributed by atoms with Crippen LogP contribution in [-0.2, 0) is 7.05 Å². The fourth-order valence-corrected chi connectivity index (χ4v) is 1.53. The minimum absolute atomic E-state index is 0.0568. The summed E-state index contributed by atoms with van der Waals surface area (Å²) in [5.41, 5.74) is 2.05. The second-order valence-corrected chi connectivity index (χ2v) is 3.57. The molecule has 2 heterocycles. The zero-order valence-electron chi connectivity index (χ0n) is 9.06. The predicted molar refractivity (Wildman–Crippen MR) is 58.3 cm³/mol. The van der Waals surface area contributed by atoms with E-state index in [2.05, 4.69) is 5.10 Å². The maximum Gasteiger partial charge on any atom is 0.256 e. The molecule has 0 N–H and O–H groups in total. The molecule has 0 atom stereocenters. The van der Waals surface area contributed by atoms with E-state index in [1.807, 2.05) is 27.0 Å². The fourth-order valence-electron chi connectivity index (χ4n) is 1.53. The van der Waals surface area contributed by atoms with Gasteiger partial charge in [-0.2, -0.15) is 5.10 Å². The van der Waals surface area contributed by atoms with Gasteiger partial charge in [0.1, 0.15) is 0 Å². The highest BCUT2D eigenvalue weighted by atomic mass is 16.1. The highest BCUT2D eigenvalue weighted by molar-refractivity contribution is 5.36.